The maximum atomic E-state index is 13.0. The van der Waals surface area contributed by atoms with Gasteiger partial charge in [0, 0.05) is 19.3 Å². The summed E-state index contributed by atoms with van der Waals surface area (Å²) in [6, 6.07) is 0. The fraction of sp³-hybridized carbons (Fsp3) is 0.935. The van der Waals surface area contributed by atoms with Crippen LogP contribution >= 0.6 is 0 Å². The van der Waals surface area contributed by atoms with Crippen LogP contribution in [0.3, 0.4) is 0 Å². The zero-order chi connectivity index (χ0) is 59.9. The smallest absolute Gasteiger partial charge is 0.306 e. The molecule has 0 aromatic carbocycles. The quantitative estimate of drug-likeness (QED) is 0.0261. The molecule has 0 radical (unpaired) electrons. The first-order chi connectivity index (χ1) is 41.0. The Balaban J connectivity index is 4.22. The van der Waals surface area contributed by atoms with Gasteiger partial charge in [0.25, 0.3) is 0 Å². The second-order valence-corrected chi connectivity index (χ2v) is 26.3. The van der Waals surface area contributed by atoms with Crippen LogP contribution in [0.15, 0.2) is 12.2 Å². The molecule has 0 saturated heterocycles. The third-order valence-corrected chi connectivity index (χ3v) is 17.8. The number of hydrogen-bond donors (Lipinski definition) is 0. The number of carbonyl (C=O) groups excluding carboxylic acids is 3. The van der Waals surface area contributed by atoms with Crippen LogP contribution in [0.4, 0.5) is 0 Å². The molecule has 83 heavy (non-hydrogen) atoms. The minimum absolute atomic E-state index is 0.0639. The van der Waals surface area contributed by atoms with Crippen molar-refractivity contribution in [1.29, 1.82) is 0 Å². The Labute approximate surface area is 520 Å². The average Bonchev–Trinajstić information content (AvgIpc) is 3.49. The molecule has 0 saturated carbocycles. The molecule has 0 aliphatic rings. The molecule has 0 aromatic rings. The summed E-state index contributed by atoms with van der Waals surface area (Å²) in [7, 11) is 0. The summed E-state index contributed by atoms with van der Waals surface area (Å²) in [6.45, 7) is 6.74. The first kappa shape index (κ1) is 81.2. The van der Waals surface area contributed by atoms with Crippen LogP contribution in [0.25, 0.3) is 0 Å². The van der Waals surface area contributed by atoms with E-state index < -0.39 is 6.10 Å². The van der Waals surface area contributed by atoms with Gasteiger partial charge in [-0.25, -0.2) is 0 Å². The lowest BCUT2D eigenvalue weighted by molar-refractivity contribution is -0.167. The van der Waals surface area contributed by atoms with Gasteiger partial charge in [-0.15, -0.1) is 0 Å². The molecule has 0 aliphatic heterocycles. The van der Waals surface area contributed by atoms with E-state index in [2.05, 4.69) is 32.9 Å². The van der Waals surface area contributed by atoms with Gasteiger partial charge in [0.15, 0.2) is 6.10 Å². The first-order valence-corrected chi connectivity index (χ1v) is 38.2. The highest BCUT2D eigenvalue weighted by molar-refractivity contribution is 5.71. The van der Waals surface area contributed by atoms with Crippen molar-refractivity contribution in [2.75, 3.05) is 13.2 Å². The van der Waals surface area contributed by atoms with Gasteiger partial charge in [0.1, 0.15) is 13.2 Å². The van der Waals surface area contributed by atoms with Crippen molar-refractivity contribution in [2.45, 2.75) is 451 Å². The summed E-state index contributed by atoms with van der Waals surface area (Å²) in [4.78, 5) is 38.5. The number of esters is 3. The fourth-order valence-corrected chi connectivity index (χ4v) is 12.0. The van der Waals surface area contributed by atoms with Gasteiger partial charge in [-0.05, 0) is 44.9 Å². The largest absolute Gasteiger partial charge is 0.462 e. The average molecular weight is 1170 g/mol. The monoisotopic (exact) mass is 1170 g/mol. The molecule has 0 bridgehead atoms. The number of unbranched alkanes of at least 4 members (excludes halogenated alkanes) is 59. The number of ether oxygens (including phenoxy) is 3. The van der Waals surface area contributed by atoms with E-state index >= 15 is 0 Å². The van der Waals surface area contributed by atoms with Crippen molar-refractivity contribution in [1.82, 2.24) is 0 Å². The first-order valence-electron chi connectivity index (χ1n) is 38.2. The third-order valence-electron chi connectivity index (χ3n) is 17.8. The van der Waals surface area contributed by atoms with E-state index in [9.17, 15) is 14.4 Å². The summed E-state index contributed by atoms with van der Waals surface area (Å²) in [5.41, 5.74) is 0. The van der Waals surface area contributed by atoms with E-state index in [0.29, 0.717) is 19.3 Å². The molecule has 0 amide bonds. The van der Waals surface area contributed by atoms with Gasteiger partial charge in [-0.1, -0.05) is 392 Å². The minimum Gasteiger partial charge on any atom is -0.462 e. The summed E-state index contributed by atoms with van der Waals surface area (Å²) in [5, 5.41) is 0. The van der Waals surface area contributed by atoms with Gasteiger partial charge in [-0.3, -0.25) is 14.4 Å². The summed E-state index contributed by atoms with van der Waals surface area (Å²) in [6.07, 6.45) is 88.3. The van der Waals surface area contributed by atoms with Crippen molar-refractivity contribution in [3.8, 4) is 0 Å². The van der Waals surface area contributed by atoms with Gasteiger partial charge in [-0.2, -0.15) is 0 Å². The molecule has 0 rings (SSSR count). The molecule has 1 atom stereocenters. The van der Waals surface area contributed by atoms with E-state index in [-0.39, 0.29) is 31.1 Å². The Hall–Kier alpha value is -1.85. The summed E-state index contributed by atoms with van der Waals surface area (Å²) < 4.78 is 17.1. The van der Waals surface area contributed by atoms with E-state index in [1.807, 2.05) is 0 Å². The van der Waals surface area contributed by atoms with E-state index in [1.54, 1.807) is 0 Å². The lowest BCUT2D eigenvalue weighted by Gasteiger charge is -2.18. The maximum absolute atomic E-state index is 13.0. The predicted octanol–water partition coefficient (Wildman–Crippen LogP) is 26.3. The molecule has 492 valence electrons. The zero-order valence-electron chi connectivity index (χ0n) is 56.8. The zero-order valence-corrected chi connectivity index (χ0v) is 56.8. The van der Waals surface area contributed by atoms with Crippen LogP contribution in [-0.4, -0.2) is 37.2 Å². The molecule has 0 aliphatic carbocycles. The second-order valence-electron chi connectivity index (χ2n) is 26.3. The molecule has 0 aromatic heterocycles. The Morgan fingerprint density at radius 1 is 0.229 bits per heavy atom. The standard InChI is InChI=1S/C77H148O6/c1-4-7-10-13-16-19-22-25-28-31-34-35-36-37-38-39-40-41-42-44-46-49-52-55-58-61-64-67-70-76(79)82-73-74(72-81-75(78)69-66-63-60-57-54-51-48-45-33-30-27-24-21-18-15-12-9-6-3)83-77(80)71-68-65-62-59-56-53-50-47-43-32-29-26-23-20-17-14-11-8-5-2/h30,33,74H,4-29,31-32,34-73H2,1-3H3/b33-30-. The van der Waals surface area contributed by atoms with Crippen molar-refractivity contribution in [3.63, 3.8) is 0 Å². The minimum atomic E-state index is -0.769. The van der Waals surface area contributed by atoms with Crippen LogP contribution in [-0.2, 0) is 28.6 Å². The number of hydrogen-bond acceptors (Lipinski definition) is 6. The predicted molar refractivity (Wildman–Crippen MR) is 363 cm³/mol. The van der Waals surface area contributed by atoms with E-state index in [0.717, 1.165) is 57.8 Å². The van der Waals surface area contributed by atoms with Crippen LogP contribution in [0.5, 0.6) is 0 Å². The van der Waals surface area contributed by atoms with E-state index in [1.165, 1.54) is 347 Å². The Bertz CT molecular complexity index is 1300. The lowest BCUT2D eigenvalue weighted by atomic mass is 10.0. The Kier molecular flexibility index (Phi) is 71.0. The van der Waals surface area contributed by atoms with Crippen molar-refractivity contribution in [3.05, 3.63) is 12.2 Å². The van der Waals surface area contributed by atoms with Crippen LogP contribution in [0.2, 0.25) is 0 Å². The molecular formula is C77H148O6. The molecule has 6 nitrogen and oxygen atoms in total. The van der Waals surface area contributed by atoms with Crippen LogP contribution < -0.4 is 0 Å². The number of allylic oxidation sites excluding steroid dienone is 2. The van der Waals surface area contributed by atoms with E-state index in [4.69, 9.17) is 14.2 Å². The van der Waals surface area contributed by atoms with Gasteiger partial charge in [0.2, 0.25) is 0 Å². The summed E-state index contributed by atoms with van der Waals surface area (Å²) >= 11 is 0. The fourth-order valence-electron chi connectivity index (χ4n) is 12.0. The van der Waals surface area contributed by atoms with Gasteiger partial charge in [0.05, 0.1) is 0 Å². The number of rotatable bonds is 72. The summed E-state index contributed by atoms with van der Waals surface area (Å²) in [5.74, 6) is -0.828. The molecular weight excluding hydrogens is 1020 g/mol. The highest BCUT2D eigenvalue weighted by Crippen LogP contribution is 2.20. The van der Waals surface area contributed by atoms with Gasteiger partial charge >= 0.3 is 17.9 Å². The highest BCUT2D eigenvalue weighted by Gasteiger charge is 2.20. The third kappa shape index (κ3) is 70.8. The van der Waals surface area contributed by atoms with Crippen molar-refractivity contribution in [2.24, 2.45) is 0 Å². The molecule has 0 spiro atoms. The Morgan fingerprint density at radius 3 is 0.602 bits per heavy atom. The second kappa shape index (κ2) is 72.6. The topological polar surface area (TPSA) is 78.9 Å². The van der Waals surface area contributed by atoms with Crippen LogP contribution in [0.1, 0.15) is 445 Å². The molecule has 6 heteroatoms. The highest BCUT2D eigenvalue weighted by atomic mass is 16.6. The molecule has 1 unspecified atom stereocenters. The van der Waals surface area contributed by atoms with Gasteiger partial charge < -0.3 is 14.2 Å². The maximum Gasteiger partial charge on any atom is 0.306 e. The van der Waals surface area contributed by atoms with Crippen LogP contribution in [0, 0.1) is 0 Å². The number of carbonyl (C=O) groups is 3. The lowest BCUT2D eigenvalue weighted by Crippen LogP contribution is -2.30. The normalized spacial score (nSPS) is 12.0. The molecule has 0 fully saturated rings. The Morgan fingerprint density at radius 2 is 0.398 bits per heavy atom. The van der Waals surface area contributed by atoms with Crippen molar-refractivity contribution < 1.29 is 28.6 Å². The van der Waals surface area contributed by atoms with Crippen molar-refractivity contribution >= 4 is 17.9 Å². The SMILES string of the molecule is CCCCCCCCC/C=C\CCCCCCCCCC(=O)OCC(COC(=O)CCCCCCCCCCCCCCCCCCCCCCCCCCCCCC)OC(=O)CCCCCCCCCCCCCCCCCCCCC. The molecule has 0 N–H and O–H groups in total. The molecule has 0 heterocycles.